The van der Waals surface area contributed by atoms with Crippen molar-refractivity contribution >= 4 is 34.2 Å². The van der Waals surface area contributed by atoms with Crippen LogP contribution in [0.2, 0.25) is 0 Å². The van der Waals surface area contributed by atoms with Crippen LogP contribution in [0.5, 0.6) is 0 Å². The number of hydrogen-bond donors (Lipinski definition) is 0. The largest absolute Gasteiger partial charge is 0.297 e. The van der Waals surface area contributed by atoms with Crippen LogP contribution in [0.25, 0.3) is 0 Å². The Labute approximate surface area is 108 Å². The lowest BCUT2D eigenvalue weighted by atomic mass is 10.1. The summed E-state index contributed by atoms with van der Waals surface area (Å²) in [5, 5.41) is 0. The van der Waals surface area contributed by atoms with Gasteiger partial charge in [-0.05, 0) is 6.42 Å². The molecule has 1 aliphatic rings. The van der Waals surface area contributed by atoms with Crippen molar-refractivity contribution < 1.29 is 4.79 Å². The number of thiocarbonyl (C=S) groups is 1. The first kappa shape index (κ1) is 14.0. The quantitative estimate of drug-likeness (QED) is 0.515. The van der Waals surface area contributed by atoms with Gasteiger partial charge in [0.25, 0.3) is 0 Å². The monoisotopic (exact) mass is 259 g/mol. The second-order valence-corrected chi connectivity index (χ2v) is 5.91. The predicted molar refractivity (Wildman–Crippen MR) is 74.8 cm³/mol. The van der Waals surface area contributed by atoms with E-state index >= 15 is 0 Å². The van der Waals surface area contributed by atoms with Crippen LogP contribution in [-0.4, -0.2) is 27.4 Å². The van der Waals surface area contributed by atoms with Crippen LogP contribution < -0.4 is 0 Å². The smallest absolute Gasteiger partial charge is 0.228 e. The Balaban J connectivity index is 2.04. The van der Waals surface area contributed by atoms with Gasteiger partial charge < -0.3 is 0 Å². The normalized spacial score (nSPS) is 15.8. The van der Waals surface area contributed by atoms with Crippen molar-refractivity contribution in [3.63, 3.8) is 0 Å². The first-order chi connectivity index (χ1) is 7.75. The van der Waals surface area contributed by atoms with Crippen molar-refractivity contribution in [1.82, 2.24) is 4.90 Å². The molecule has 0 atom stereocenters. The van der Waals surface area contributed by atoms with Crippen LogP contribution in [0.4, 0.5) is 0 Å². The molecule has 0 aromatic heterocycles. The Kier molecular flexibility index (Phi) is 7.05. The molecule has 0 unspecified atom stereocenters. The predicted octanol–water partition coefficient (Wildman–Crippen LogP) is 3.60. The first-order valence-electron chi connectivity index (χ1n) is 6.23. The number of hydrogen-bond acceptors (Lipinski definition) is 3. The van der Waals surface area contributed by atoms with Gasteiger partial charge in [-0.2, -0.15) is 0 Å². The SMILES string of the molecule is CCCCCCCCC(=O)N1CCSC1=S. The molecular weight excluding hydrogens is 238 g/mol. The Morgan fingerprint density at radius 1 is 1.31 bits per heavy atom. The molecule has 2 nitrogen and oxygen atoms in total. The summed E-state index contributed by atoms with van der Waals surface area (Å²) < 4.78 is 0.774. The molecule has 4 heteroatoms. The lowest BCUT2D eigenvalue weighted by Gasteiger charge is -2.14. The van der Waals surface area contributed by atoms with Gasteiger partial charge >= 0.3 is 0 Å². The molecule has 0 N–H and O–H groups in total. The summed E-state index contributed by atoms with van der Waals surface area (Å²) >= 11 is 6.74. The fourth-order valence-electron chi connectivity index (χ4n) is 1.81. The van der Waals surface area contributed by atoms with E-state index in [1.165, 1.54) is 32.1 Å². The molecule has 1 saturated heterocycles. The third-order valence-electron chi connectivity index (χ3n) is 2.81. The third-order valence-corrected chi connectivity index (χ3v) is 4.23. The van der Waals surface area contributed by atoms with E-state index in [-0.39, 0.29) is 5.91 Å². The molecular formula is C12H21NOS2. The van der Waals surface area contributed by atoms with Crippen LogP contribution in [-0.2, 0) is 4.79 Å². The summed E-state index contributed by atoms with van der Waals surface area (Å²) in [4.78, 5) is 13.5. The summed E-state index contributed by atoms with van der Waals surface area (Å²) in [6, 6.07) is 0. The molecule has 1 amide bonds. The maximum atomic E-state index is 11.8. The lowest BCUT2D eigenvalue weighted by molar-refractivity contribution is -0.126. The van der Waals surface area contributed by atoms with Gasteiger partial charge in [-0.1, -0.05) is 63.0 Å². The van der Waals surface area contributed by atoms with E-state index in [4.69, 9.17) is 12.2 Å². The molecule has 0 spiro atoms. The van der Waals surface area contributed by atoms with Crippen LogP contribution in [0.1, 0.15) is 51.9 Å². The van der Waals surface area contributed by atoms with Crippen molar-refractivity contribution in [1.29, 1.82) is 0 Å². The number of rotatable bonds is 7. The highest BCUT2D eigenvalue weighted by Crippen LogP contribution is 2.19. The minimum Gasteiger partial charge on any atom is -0.297 e. The van der Waals surface area contributed by atoms with Crippen molar-refractivity contribution in [3.8, 4) is 0 Å². The third kappa shape index (κ3) is 4.83. The summed E-state index contributed by atoms with van der Waals surface area (Å²) in [7, 11) is 0. The highest BCUT2D eigenvalue weighted by atomic mass is 32.2. The molecule has 0 saturated carbocycles. The Hall–Kier alpha value is -0.0900. The van der Waals surface area contributed by atoms with E-state index in [1.807, 2.05) is 0 Å². The standard InChI is InChI=1S/C12H21NOS2/c1-2-3-4-5-6-7-8-11(14)13-9-10-16-12(13)15/h2-10H2,1H3. The molecule has 0 bridgehead atoms. The zero-order valence-corrected chi connectivity index (χ0v) is 11.7. The molecule has 1 fully saturated rings. The summed E-state index contributed by atoms with van der Waals surface area (Å²) in [5.41, 5.74) is 0. The topological polar surface area (TPSA) is 20.3 Å². The van der Waals surface area contributed by atoms with E-state index in [0.29, 0.717) is 6.42 Å². The second kappa shape index (κ2) is 8.07. The fourth-order valence-corrected chi connectivity index (χ4v) is 3.05. The highest BCUT2D eigenvalue weighted by molar-refractivity contribution is 8.23. The molecule has 0 aromatic carbocycles. The molecule has 16 heavy (non-hydrogen) atoms. The van der Waals surface area contributed by atoms with Gasteiger partial charge in [0.05, 0.1) is 0 Å². The van der Waals surface area contributed by atoms with Gasteiger partial charge in [-0.25, -0.2) is 0 Å². The van der Waals surface area contributed by atoms with E-state index in [9.17, 15) is 4.79 Å². The van der Waals surface area contributed by atoms with Crippen LogP contribution >= 0.6 is 24.0 Å². The fraction of sp³-hybridized carbons (Fsp3) is 0.833. The Morgan fingerprint density at radius 3 is 2.62 bits per heavy atom. The number of unbranched alkanes of at least 4 members (excludes halogenated alkanes) is 5. The minimum atomic E-state index is 0.227. The second-order valence-electron chi connectivity index (χ2n) is 4.18. The van der Waals surface area contributed by atoms with Gasteiger partial charge in [0.15, 0.2) is 0 Å². The highest BCUT2D eigenvalue weighted by Gasteiger charge is 2.22. The molecule has 1 heterocycles. The average molecular weight is 259 g/mol. The molecule has 92 valence electrons. The average Bonchev–Trinajstić information content (AvgIpc) is 2.69. The number of amides is 1. The Morgan fingerprint density at radius 2 is 2.00 bits per heavy atom. The zero-order valence-electron chi connectivity index (χ0n) is 10.0. The van der Waals surface area contributed by atoms with Crippen molar-refractivity contribution in [2.75, 3.05) is 12.3 Å². The number of carbonyl (C=O) groups is 1. The Bertz CT molecular complexity index is 243. The van der Waals surface area contributed by atoms with Gasteiger partial charge in [0, 0.05) is 18.7 Å². The number of thioether (sulfide) groups is 1. The molecule has 1 rings (SSSR count). The van der Waals surface area contributed by atoms with E-state index < -0.39 is 0 Å². The summed E-state index contributed by atoms with van der Waals surface area (Å²) in [5.74, 6) is 1.20. The van der Waals surface area contributed by atoms with Crippen molar-refractivity contribution in [3.05, 3.63) is 0 Å². The molecule has 0 radical (unpaired) electrons. The van der Waals surface area contributed by atoms with E-state index in [2.05, 4.69) is 6.92 Å². The van der Waals surface area contributed by atoms with E-state index in [1.54, 1.807) is 16.7 Å². The van der Waals surface area contributed by atoms with Gasteiger partial charge in [-0.15, -0.1) is 0 Å². The maximum Gasteiger partial charge on any atom is 0.228 e. The van der Waals surface area contributed by atoms with Crippen LogP contribution in [0.3, 0.4) is 0 Å². The summed E-state index contributed by atoms with van der Waals surface area (Å²) in [6.45, 7) is 3.04. The maximum absolute atomic E-state index is 11.8. The number of carbonyl (C=O) groups excluding carboxylic acids is 1. The zero-order chi connectivity index (χ0) is 11.8. The molecule has 0 aromatic rings. The minimum absolute atomic E-state index is 0.227. The number of nitrogens with zero attached hydrogens (tertiary/aromatic N) is 1. The molecule has 0 aliphatic carbocycles. The van der Waals surface area contributed by atoms with Crippen LogP contribution in [0.15, 0.2) is 0 Å². The van der Waals surface area contributed by atoms with Gasteiger partial charge in [0.1, 0.15) is 4.32 Å². The van der Waals surface area contributed by atoms with Crippen molar-refractivity contribution in [2.45, 2.75) is 51.9 Å². The van der Waals surface area contributed by atoms with Gasteiger partial charge in [-0.3, -0.25) is 9.69 Å². The van der Waals surface area contributed by atoms with Crippen molar-refractivity contribution in [2.24, 2.45) is 0 Å². The molecule has 1 aliphatic heterocycles. The lowest BCUT2D eigenvalue weighted by Crippen LogP contribution is -2.30. The first-order valence-corrected chi connectivity index (χ1v) is 7.62. The van der Waals surface area contributed by atoms with Gasteiger partial charge in [0.2, 0.25) is 5.91 Å². The van der Waals surface area contributed by atoms with E-state index in [0.717, 1.165) is 23.0 Å². The van der Waals surface area contributed by atoms with Crippen LogP contribution in [0, 0.1) is 0 Å². The summed E-state index contributed by atoms with van der Waals surface area (Å²) in [6.07, 6.45) is 8.04.